The van der Waals surface area contributed by atoms with Crippen LogP contribution in [0.1, 0.15) is 52.1 Å². The molecule has 1 saturated heterocycles. The number of ether oxygens (including phenoxy) is 1. The molecule has 0 atom stereocenters. The van der Waals surface area contributed by atoms with Crippen molar-refractivity contribution in [2.75, 3.05) is 18.8 Å². The summed E-state index contributed by atoms with van der Waals surface area (Å²) in [4.78, 5) is 22.9. The van der Waals surface area contributed by atoms with Crippen molar-refractivity contribution in [2.45, 2.75) is 58.5 Å². The van der Waals surface area contributed by atoms with E-state index >= 15 is 0 Å². The summed E-state index contributed by atoms with van der Waals surface area (Å²) in [6.45, 7) is 7.20. The monoisotopic (exact) mass is 426 g/mol. The summed E-state index contributed by atoms with van der Waals surface area (Å²) in [5.41, 5.74) is 7.09. The van der Waals surface area contributed by atoms with Crippen LogP contribution in [0.5, 0.6) is 0 Å². The Morgan fingerprint density at radius 2 is 2.06 bits per heavy atom. The van der Waals surface area contributed by atoms with Gasteiger partial charge in [0, 0.05) is 13.1 Å². The Hall–Kier alpha value is -3.10. The average Bonchev–Trinajstić information content (AvgIpc) is 3.37. The molecular formula is C22H30N6O3. The maximum atomic E-state index is 12.2. The molecule has 0 saturated carbocycles. The number of hydrogen-bond donors (Lipinski definition) is 1. The molecular weight excluding hydrogens is 396 g/mol. The molecule has 0 unspecified atom stereocenters. The maximum Gasteiger partial charge on any atom is 0.410 e. The largest absolute Gasteiger partial charge is 0.461 e. The van der Waals surface area contributed by atoms with E-state index in [1.165, 1.54) is 0 Å². The first-order chi connectivity index (χ1) is 14.8. The number of hydrogen-bond acceptors (Lipinski definition) is 7. The fourth-order valence-corrected chi connectivity index (χ4v) is 3.90. The van der Waals surface area contributed by atoms with Gasteiger partial charge in [0.25, 0.3) is 0 Å². The molecule has 1 aliphatic heterocycles. The molecule has 2 N–H and O–H groups in total. The minimum absolute atomic E-state index is 0.208. The highest BCUT2D eigenvalue weighted by atomic mass is 16.6. The van der Waals surface area contributed by atoms with Gasteiger partial charge >= 0.3 is 6.09 Å². The van der Waals surface area contributed by atoms with Gasteiger partial charge < -0.3 is 19.8 Å². The fraction of sp³-hybridized carbons (Fsp3) is 0.545. The van der Waals surface area contributed by atoms with Gasteiger partial charge in [-0.3, -0.25) is 0 Å². The molecule has 4 heterocycles. The van der Waals surface area contributed by atoms with E-state index < -0.39 is 5.60 Å². The minimum atomic E-state index is -0.452. The second-order valence-electron chi connectivity index (χ2n) is 9.10. The number of fused-ring (bicyclic) bond motifs is 1. The van der Waals surface area contributed by atoms with E-state index in [0.29, 0.717) is 29.0 Å². The highest BCUT2D eigenvalue weighted by Crippen LogP contribution is 2.25. The van der Waals surface area contributed by atoms with Crippen molar-refractivity contribution >= 4 is 17.6 Å². The van der Waals surface area contributed by atoms with Crippen LogP contribution in [0, 0.1) is 5.92 Å². The Morgan fingerprint density at radius 3 is 2.74 bits per heavy atom. The van der Waals surface area contributed by atoms with Crippen LogP contribution >= 0.6 is 0 Å². The van der Waals surface area contributed by atoms with Crippen LogP contribution in [0.15, 0.2) is 29.0 Å². The number of amides is 1. The molecule has 166 valence electrons. The van der Waals surface area contributed by atoms with Crippen LogP contribution in [0.4, 0.5) is 10.6 Å². The molecule has 31 heavy (non-hydrogen) atoms. The zero-order chi connectivity index (χ0) is 22.0. The number of anilines is 1. The van der Waals surface area contributed by atoms with Crippen molar-refractivity contribution < 1.29 is 13.9 Å². The van der Waals surface area contributed by atoms with Gasteiger partial charge in [-0.15, -0.1) is 5.10 Å². The number of furan rings is 1. The quantitative estimate of drug-likeness (QED) is 0.658. The zero-order valence-corrected chi connectivity index (χ0v) is 18.4. The molecule has 1 amide bonds. The normalized spacial score (nSPS) is 15.5. The Balaban J connectivity index is 1.29. The van der Waals surface area contributed by atoms with Crippen molar-refractivity contribution in [1.29, 1.82) is 0 Å². The maximum absolute atomic E-state index is 12.2. The van der Waals surface area contributed by atoms with Crippen molar-refractivity contribution in [3.8, 4) is 11.6 Å². The van der Waals surface area contributed by atoms with E-state index in [4.69, 9.17) is 14.9 Å². The lowest BCUT2D eigenvalue weighted by Crippen LogP contribution is -2.41. The summed E-state index contributed by atoms with van der Waals surface area (Å²) in [5, 5.41) is 4.47. The lowest BCUT2D eigenvalue weighted by molar-refractivity contribution is 0.0180. The summed E-state index contributed by atoms with van der Waals surface area (Å²) in [6, 6.07) is 3.61. The van der Waals surface area contributed by atoms with E-state index in [-0.39, 0.29) is 6.09 Å². The Morgan fingerprint density at radius 1 is 1.29 bits per heavy atom. The number of piperidine rings is 1. The average molecular weight is 427 g/mol. The van der Waals surface area contributed by atoms with Gasteiger partial charge in [-0.1, -0.05) is 0 Å². The molecule has 9 nitrogen and oxygen atoms in total. The molecule has 1 aliphatic rings. The number of rotatable bonds is 5. The molecule has 9 heteroatoms. The summed E-state index contributed by atoms with van der Waals surface area (Å²) in [5.74, 6) is 2.07. The van der Waals surface area contributed by atoms with Crippen LogP contribution in [-0.2, 0) is 11.2 Å². The summed E-state index contributed by atoms with van der Waals surface area (Å²) in [7, 11) is 0. The Labute approximate surface area is 181 Å². The number of likely N-dealkylation sites (tertiary alicyclic amines) is 1. The lowest BCUT2D eigenvalue weighted by Gasteiger charge is -2.33. The van der Waals surface area contributed by atoms with Crippen molar-refractivity contribution in [2.24, 2.45) is 5.92 Å². The third-order valence-electron chi connectivity index (χ3n) is 5.45. The summed E-state index contributed by atoms with van der Waals surface area (Å²) >= 11 is 0. The van der Waals surface area contributed by atoms with Crippen molar-refractivity contribution in [3.63, 3.8) is 0 Å². The number of nitrogen functional groups attached to an aromatic ring is 1. The van der Waals surface area contributed by atoms with Gasteiger partial charge in [0.05, 0.1) is 18.2 Å². The molecule has 0 bridgehead atoms. The molecule has 4 rings (SSSR count). The Kier molecular flexibility index (Phi) is 5.84. The van der Waals surface area contributed by atoms with Gasteiger partial charge in [-0.05, 0) is 70.9 Å². The van der Waals surface area contributed by atoms with Crippen LogP contribution in [0.2, 0.25) is 0 Å². The number of aryl methyl sites for hydroxylation is 1. The number of aromatic nitrogens is 4. The molecule has 1 fully saturated rings. The van der Waals surface area contributed by atoms with Crippen molar-refractivity contribution in [1.82, 2.24) is 24.5 Å². The SMILES string of the molecule is CC(C)(C)OC(=O)N1CCC(CCCc2cn3nc(-c4ccco4)nc3c(N)n2)CC1. The van der Waals surface area contributed by atoms with Crippen LogP contribution in [0.25, 0.3) is 17.2 Å². The number of carbonyl (C=O) groups is 1. The van der Waals surface area contributed by atoms with Crippen LogP contribution in [-0.4, -0.2) is 49.3 Å². The standard InChI is InChI=1S/C22H30N6O3/c1-22(2,3)31-21(29)27-11-9-15(10-12-27)6-4-7-16-14-28-20(18(23)24-16)25-19(26-28)17-8-5-13-30-17/h5,8,13-15H,4,6-7,9-12H2,1-3H3,(H2,23,24). The van der Waals surface area contributed by atoms with Gasteiger partial charge in [0.15, 0.2) is 17.2 Å². The smallest absolute Gasteiger partial charge is 0.410 e. The first kappa shape index (κ1) is 21.1. The lowest BCUT2D eigenvalue weighted by atomic mass is 9.91. The third kappa shape index (κ3) is 5.15. The number of carbonyl (C=O) groups excluding carboxylic acids is 1. The Bertz CT molecular complexity index is 1030. The molecule has 3 aromatic rings. The van der Waals surface area contributed by atoms with E-state index in [1.54, 1.807) is 16.8 Å². The fourth-order valence-electron chi connectivity index (χ4n) is 3.90. The summed E-state index contributed by atoms with van der Waals surface area (Å²) in [6.07, 6.45) is 8.20. The van der Waals surface area contributed by atoms with Gasteiger partial charge in [0.2, 0.25) is 5.82 Å². The highest BCUT2D eigenvalue weighted by Gasteiger charge is 2.26. The third-order valence-corrected chi connectivity index (χ3v) is 5.45. The molecule has 0 aromatic carbocycles. The van der Waals surface area contributed by atoms with Crippen LogP contribution in [0.3, 0.4) is 0 Å². The van der Waals surface area contributed by atoms with Gasteiger partial charge in [-0.2, -0.15) is 0 Å². The van der Waals surface area contributed by atoms with E-state index in [1.807, 2.05) is 37.9 Å². The van der Waals surface area contributed by atoms with E-state index in [9.17, 15) is 4.79 Å². The molecule has 0 spiro atoms. The van der Waals surface area contributed by atoms with Crippen LogP contribution < -0.4 is 5.73 Å². The topological polar surface area (TPSA) is 112 Å². The number of nitrogens with zero attached hydrogens (tertiary/aromatic N) is 5. The molecule has 0 radical (unpaired) electrons. The van der Waals surface area contributed by atoms with E-state index in [0.717, 1.165) is 50.9 Å². The second-order valence-corrected chi connectivity index (χ2v) is 9.10. The highest BCUT2D eigenvalue weighted by molar-refractivity contribution is 5.68. The molecule has 3 aromatic heterocycles. The predicted octanol–water partition coefficient (Wildman–Crippen LogP) is 3.94. The zero-order valence-electron chi connectivity index (χ0n) is 18.4. The molecule has 0 aliphatic carbocycles. The first-order valence-electron chi connectivity index (χ1n) is 10.8. The predicted molar refractivity (Wildman–Crippen MR) is 116 cm³/mol. The first-order valence-corrected chi connectivity index (χ1v) is 10.8. The minimum Gasteiger partial charge on any atom is -0.461 e. The number of nitrogens with two attached hydrogens (primary N) is 1. The van der Waals surface area contributed by atoms with E-state index in [2.05, 4.69) is 15.1 Å². The van der Waals surface area contributed by atoms with Gasteiger partial charge in [0.1, 0.15) is 5.60 Å². The second kappa shape index (κ2) is 8.56. The van der Waals surface area contributed by atoms with Crippen molar-refractivity contribution in [3.05, 3.63) is 30.3 Å². The van der Waals surface area contributed by atoms with Gasteiger partial charge in [-0.25, -0.2) is 19.3 Å². The summed E-state index contributed by atoms with van der Waals surface area (Å²) < 4.78 is 12.5.